The Hall–Kier alpha value is -0.930. The molecule has 0 saturated carbocycles. The van der Waals surface area contributed by atoms with Crippen LogP contribution < -0.4 is 5.73 Å². The highest BCUT2D eigenvalue weighted by Gasteiger charge is 2.19. The second-order valence-electron chi connectivity index (χ2n) is 3.74. The molecule has 0 aliphatic carbocycles. The molecule has 0 heterocycles. The van der Waals surface area contributed by atoms with Crippen molar-refractivity contribution in [2.45, 2.75) is 0 Å². The van der Waals surface area contributed by atoms with Crippen LogP contribution in [0.4, 0.5) is 0 Å². The van der Waals surface area contributed by atoms with Crippen LogP contribution in [-0.4, -0.2) is 5.91 Å². The van der Waals surface area contributed by atoms with Crippen LogP contribution in [-0.2, 0) is 0 Å². The minimum absolute atomic E-state index is 0.162. The summed E-state index contributed by atoms with van der Waals surface area (Å²) in [6.45, 7) is 0. The van der Waals surface area contributed by atoms with Crippen LogP contribution in [0.1, 0.15) is 10.4 Å². The van der Waals surface area contributed by atoms with Gasteiger partial charge in [0.15, 0.2) is 0 Å². The molecule has 2 nitrogen and oxygen atoms in total. The summed E-state index contributed by atoms with van der Waals surface area (Å²) in [6, 6.07) is 8.07. The van der Waals surface area contributed by atoms with Crippen molar-refractivity contribution in [2.75, 3.05) is 0 Å². The van der Waals surface area contributed by atoms with Gasteiger partial charge in [-0.1, -0.05) is 58.5 Å². The molecule has 0 atom stereocenters. The summed E-state index contributed by atoms with van der Waals surface area (Å²) in [5, 5.41) is 1.17. The second kappa shape index (κ2) is 5.59. The van der Waals surface area contributed by atoms with E-state index in [2.05, 4.69) is 0 Å². The van der Waals surface area contributed by atoms with Gasteiger partial charge in [-0.2, -0.15) is 0 Å². The molecule has 19 heavy (non-hydrogen) atoms. The van der Waals surface area contributed by atoms with Crippen LogP contribution in [0.5, 0.6) is 0 Å². The molecule has 0 saturated heterocycles. The molecule has 2 aromatic rings. The van der Waals surface area contributed by atoms with Gasteiger partial charge in [0.05, 0.1) is 25.7 Å². The molecule has 0 bridgehead atoms. The fourth-order valence-electron chi connectivity index (χ4n) is 1.76. The van der Waals surface area contributed by atoms with Crippen molar-refractivity contribution in [3.8, 4) is 11.1 Å². The van der Waals surface area contributed by atoms with Gasteiger partial charge in [-0.05, 0) is 23.8 Å². The molecule has 98 valence electrons. The Morgan fingerprint density at radius 1 is 0.895 bits per heavy atom. The number of nitrogens with two attached hydrogens (primary N) is 1. The number of amides is 1. The molecule has 0 aliphatic heterocycles. The third-order valence-electron chi connectivity index (χ3n) is 2.57. The average molecular weight is 335 g/mol. The largest absolute Gasteiger partial charge is 0.366 e. The van der Waals surface area contributed by atoms with Gasteiger partial charge in [0, 0.05) is 5.56 Å². The second-order valence-corrected chi connectivity index (χ2v) is 5.34. The Kier molecular flexibility index (Phi) is 4.26. The molecule has 2 rings (SSSR count). The zero-order valence-electron chi connectivity index (χ0n) is 9.38. The van der Waals surface area contributed by atoms with E-state index in [1.165, 1.54) is 0 Å². The Balaban J connectivity index is 2.84. The van der Waals surface area contributed by atoms with Crippen molar-refractivity contribution in [3.63, 3.8) is 0 Å². The summed E-state index contributed by atoms with van der Waals surface area (Å²) in [6.07, 6.45) is 0. The van der Waals surface area contributed by atoms with Crippen molar-refractivity contribution < 1.29 is 4.79 Å². The predicted molar refractivity (Wildman–Crippen MR) is 80.4 cm³/mol. The van der Waals surface area contributed by atoms with Crippen LogP contribution >= 0.6 is 46.4 Å². The van der Waals surface area contributed by atoms with Crippen molar-refractivity contribution in [1.82, 2.24) is 0 Å². The summed E-state index contributed by atoms with van der Waals surface area (Å²) in [5.74, 6) is -0.660. The zero-order chi connectivity index (χ0) is 14.2. The highest BCUT2D eigenvalue weighted by molar-refractivity contribution is 6.46. The van der Waals surface area contributed by atoms with Crippen LogP contribution in [0, 0.1) is 0 Å². The van der Waals surface area contributed by atoms with Gasteiger partial charge in [-0.25, -0.2) is 0 Å². The molecule has 0 radical (unpaired) electrons. The Morgan fingerprint density at radius 2 is 1.53 bits per heavy atom. The van der Waals surface area contributed by atoms with E-state index in [4.69, 9.17) is 52.1 Å². The molecule has 0 unspecified atom stereocenters. The lowest BCUT2D eigenvalue weighted by atomic mass is 9.99. The number of hydrogen-bond donors (Lipinski definition) is 1. The van der Waals surface area contributed by atoms with Crippen molar-refractivity contribution in [3.05, 3.63) is 56.0 Å². The summed E-state index contributed by atoms with van der Waals surface area (Å²) >= 11 is 24.2. The highest BCUT2D eigenvalue weighted by atomic mass is 35.5. The third-order valence-corrected chi connectivity index (χ3v) is 4.01. The zero-order valence-corrected chi connectivity index (χ0v) is 12.4. The monoisotopic (exact) mass is 333 g/mol. The Labute approximate surface area is 130 Å². The van der Waals surface area contributed by atoms with E-state index < -0.39 is 5.91 Å². The van der Waals surface area contributed by atoms with Gasteiger partial charge < -0.3 is 5.73 Å². The molecule has 2 aromatic carbocycles. The van der Waals surface area contributed by atoms with Gasteiger partial charge >= 0.3 is 0 Å². The average Bonchev–Trinajstić information content (AvgIpc) is 2.34. The fraction of sp³-hybridized carbons (Fsp3) is 0. The minimum atomic E-state index is -0.660. The summed E-state index contributed by atoms with van der Waals surface area (Å²) in [5.41, 5.74) is 6.40. The molecule has 0 fully saturated rings. The highest BCUT2D eigenvalue weighted by Crippen LogP contribution is 2.41. The number of carbonyl (C=O) groups excluding carboxylic acids is 1. The molecular formula is C13H7Cl4NO. The predicted octanol–water partition coefficient (Wildman–Crippen LogP) is 5.07. The maximum Gasteiger partial charge on any atom is 0.250 e. The van der Waals surface area contributed by atoms with Crippen molar-refractivity contribution in [1.29, 1.82) is 0 Å². The van der Waals surface area contributed by atoms with Gasteiger partial charge in [-0.3, -0.25) is 4.79 Å². The quantitative estimate of drug-likeness (QED) is 0.766. The minimum Gasteiger partial charge on any atom is -0.366 e. The Morgan fingerprint density at radius 3 is 2.16 bits per heavy atom. The van der Waals surface area contributed by atoms with Crippen LogP contribution in [0.15, 0.2) is 30.3 Å². The summed E-state index contributed by atoms with van der Waals surface area (Å²) in [7, 11) is 0. The van der Waals surface area contributed by atoms with Crippen molar-refractivity contribution in [2.24, 2.45) is 5.73 Å². The van der Waals surface area contributed by atoms with E-state index in [1.807, 2.05) is 0 Å². The smallest absolute Gasteiger partial charge is 0.250 e. The SMILES string of the molecule is NC(=O)c1c(Cl)cccc1-c1c(Cl)ccc(Cl)c1Cl. The molecule has 0 aromatic heterocycles. The van der Waals surface area contributed by atoms with Gasteiger partial charge in [-0.15, -0.1) is 0 Å². The molecule has 0 aliphatic rings. The molecule has 0 spiro atoms. The lowest BCUT2D eigenvalue weighted by molar-refractivity contribution is 0.100. The fourth-order valence-corrected chi connectivity index (χ4v) is 2.76. The van der Waals surface area contributed by atoms with E-state index in [0.717, 1.165) is 0 Å². The Bertz CT molecular complexity index is 670. The number of rotatable bonds is 2. The normalized spacial score (nSPS) is 10.5. The molecule has 1 amide bonds. The first-order valence-electron chi connectivity index (χ1n) is 5.15. The maximum atomic E-state index is 11.5. The summed E-state index contributed by atoms with van der Waals surface area (Å²) < 4.78 is 0. The number of primary amides is 1. The van der Waals surface area contributed by atoms with E-state index in [0.29, 0.717) is 21.2 Å². The summed E-state index contributed by atoms with van der Waals surface area (Å²) in [4.78, 5) is 11.5. The van der Waals surface area contributed by atoms with E-state index in [1.54, 1.807) is 30.3 Å². The standard InChI is InChI=1S/C13H7Cl4NO/c14-7-3-1-2-6(11(7)13(18)19)10-8(15)4-5-9(16)12(10)17/h1-5H,(H2,18,19). The maximum absolute atomic E-state index is 11.5. The molecule has 2 N–H and O–H groups in total. The van der Waals surface area contributed by atoms with Gasteiger partial charge in [0.1, 0.15) is 0 Å². The lowest BCUT2D eigenvalue weighted by Crippen LogP contribution is -2.13. The van der Waals surface area contributed by atoms with E-state index in [9.17, 15) is 4.79 Å². The van der Waals surface area contributed by atoms with E-state index in [-0.39, 0.29) is 15.6 Å². The topological polar surface area (TPSA) is 43.1 Å². The molecular weight excluding hydrogens is 328 g/mol. The van der Waals surface area contributed by atoms with Gasteiger partial charge in [0.25, 0.3) is 5.91 Å². The number of benzene rings is 2. The first-order valence-corrected chi connectivity index (χ1v) is 6.67. The van der Waals surface area contributed by atoms with Crippen LogP contribution in [0.25, 0.3) is 11.1 Å². The number of hydrogen-bond acceptors (Lipinski definition) is 1. The lowest BCUT2D eigenvalue weighted by Gasteiger charge is -2.13. The van der Waals surface area contributed by atoms with E-state index >= 15 is 0 Å². The van der Waals surface area contributed by atoms with Gasteiger partial charge in [0.2, 0.25) is 0 Å². The van der Waals surface area contributed by atoms with Crippen LogP contribution in [0.3, 0.4) is 0 Å². The molecule has 6 heteroatoms. The third kappa shape index (κ3) is 2.67. The first kappa shape index (κ1) is 14.5. The number of carbonyl (C=O) groups is 1. The van der Waals surface area contributed by atoms with Crippen molar-refractivity contribution >= 4 is 52.3 Å². The first-order chi connectivity index (χ1) is 8.93. The number of halogens is 4. The van der Waals surface area contributed by atoms with Crippen LogP contribution in [0.2, 0.25) is 20.1 Å².